The molecule has 0 saturated carbocycles. The molecule has 0 aliphatic carbocycles. The number of hydrogen-bond donors (Lipinski definition) is 4. The number of carboxylic acid groups (broad SMARTS) is 1. The van der Waals surface area contributed by atoms with Gasteiger partial charge in [-0.1, -0.05) is 6.07 Å². The van der Waals surface area contributed by atoms with Crippen LogP contribution in [0.5, 0.6) is 5.75 Å². The number of aliphatic carboxylic acids is 1. The highest BCUT2D eigenvalue weighted by atomic mass is 16.4. The van der Waals surface area contributed by atoms with Crippen molar-refractivity contribution < 1.29 is 24.9 Å². The number of carbonyl (C=O) groups excluding carboxylic acids is 1. The number of carboxylic acids is 1. The summed E-state index contributed by atoms with van der Waals surface area (Å²) in [6.07, 6.45) is -0.0696. The van der Waals surface area contributed by atoms with Crippen LogP contribution < -0.4 is 5.32 Å². The molecular formula is C11H13NO5. The average molecular weight is 239 g/mol. The van der Waals surface area contributed by atoms with E-state index in [-0.39, 0.29) is 24.3 Å². The van der Waals surface area contributed by atoms with E-state index < -0.39 is 17.9 Å². The van der Waals surface area contributed by atoms with Crippen LogP contribution in [0.4, 0.5) is 0 Å². The lowest BCUT2D eigenvalue weighted by atomic mass is 10.1. The molecule has 92 valence electrons. The van der Waals surface area contributed by atoms with Crippen molar-refractivity contribution in [2.24, 2.45) is 0 Å². The van der Waals surface area contributed by atoms with Gasteiger partial charge in [0.2, 0.25) is 0 Å². The van der Waals surface area contributed by atoms with E-state index >= 15 is 0 Å². The number of amides is 1. The van der Waals surface area contributed by atoms with E-state index in [1.54, 1.807) is 0 Å². The molecule has 1 unspecified atom stereocenters. The number of phenols is 1. The van der Waals surface area contributed by atoms with Crippen LogP contribution >= 0.6 is 0 Å². The van der Waals surface area contributed by atoms with Gasteiger partial charge in [0.1, 0.15) is 11.8 Å². The Kier molecular flexibility index (Phi) is 4.47. The molecule has 1 aromatic carbocycles. The molecule has 0 radical (unpaired) electrons. The highest BCUT2D eigenvalue weighted by molar-refractivity contribution is 5.96. The summed E-state index contributed by atoms with van der Waals surface area (Å²) < 4.78 is 0. The summed E-state index contributed by atoms with van der Waals surface area (Å²) in [5, 5.41) is 28.9. The van der Waals surface area contributed by atoms with Crippen molar-refractivity contribution >= 4 is 11.9 Å². The lowest BCUT2D eigenvalue weighted by molar-refractivity contribution is -0.139. The van der Waals surface area contributed by atoms with Crippen LogP contribution in [0.2, 0.25) is 0 Å². The van der Waals surface area contributed by atoms with Crippen molar-refractivity contribution in [1.29, 1.82) is 0 Å². The second kappa shape index (κ2) is 5.86. The smallest absolute Gasteiger partial charge is 0.326 e. The van der Waals surface area contributed by atoms with Gasteiger partial charge < -0.3 is 20.6 Å². The van der Waals surface area contributed by atoms with Gasteiger partial charge in [0, 0.05) is 18.6 Å². The molecule has 4 N–H and O–H groups in total. The van der Waals surface area contributed by atoms with Crippen LogP contribution in [0.15, 0.2) is 24.3 Å². The van der Waals surface area contributed by atoms with Crippen molar-refractivity contribution in [1.82, 2.24) is 5.32 Å². The normalized spacial score (nSPS) is 11.8. The first-order valence-corrected chi connectivity index (χ1v) is 4.98. The van der Waals surface area contributed by atoms with Gasteiger partial charge in [-0.2, -0.15) is 0 Å². The Morgan fingerprint density at radius 2 is 2.06 bits per heavy atom. The Morgan fingerprint density at radius 1 is 1.35 bits per heavy atom. The van der Waals surface area contributed by atoms with E-state index in [0.29, 0.717) is 0 Å². The van der Waals surface area contributed by atoms with Gasteiger partial charge in [-0.3, -0.25) is 4.79 Å². The number of phenolic OH excluding ortho intramolecular Hbond substituents is 1. The summed E-state index contributed by atoms with van der Waals surface area (Å²) in [6.45, 7) is -0.336. The molecule has 6 heteroatoms. The number of aliphatic hydroxyl groups is 1. The van der Waals surface area contributed by atoms with E-state index in [1.165, 1.54) is 24.3 Å². The molecule has 0 bridgehead atoms. The molecule has 1 aromatic rings. The second-order valence-corrected chi connectivity index (χ2v) is 3.43. The predicted octanol–water partition coefficient (Wildman–Crippen LogP) is -0.0424. The fourth-order valence-electron chi connectivity index (χ4n) is 1.28. The molecule has 0 spiro atoms. The monoisotopic (exact) mass is 239 g/mol. The Bertz CT molecular complexity index is 418. The van der Waals surface area contributed by atoms with Crippen LogP contribution in [0.1, 0.15) is 16.8 Å². The number of hydrogen-bond acceptors (Lipinski definition) is 4. The Morgan fingerprint density at radius 3 is 2.59 bits per heavy atom. The molecule has 0 aromatic heterocycles. The molecule has 1 atom stereocenters. The van der Waals surface area contributed by atoms with E-state index in [1.807, 2.05) is 0 Å². The Balaban J connectivity index is 2.73. The quantitative estimate of drug-likeness (QED) is 0.576. The molecule has 0 heterocycles. The number of benzene rings is 1. The third kappa shape index (κ3) is 3.76. The topological polar surface area (TPSA) is 107 Å². The minimum absolute atomic E-state index is 0.0696. The van der Waals surface area contributed by atoms with Gasteiger partial charge in [0.15, 0.2) is 0 Å². The highest BCUT2D eigenvalue weighted by Gasteiger charge is 2.19. The van der Waals surface area contributed by atoms with Gasteiger partial charge in [0.25, 0.3) is 5.91 Å². The van der Waals surface area contributed by atoms with Crippen LogP contribution in [0.25, 0.3) is 0 Å². The molecule has 0 aliphatic rings. The maximum absolute atomic E-state index is 11.6. The number of carbonyl (C=O) groups is 2. The van der Waals surface area contributed by atoms with Gasteiger partial charge >= 0.3 is 5.97 Å². The van der Waals surface area contributed by atoms with Crippen molar-refractivity contribution in [3.05, 3.63) is 29.8 Å². The molecule has 6 nitrogen and oxygen atoms in total. The maximum Gasteiger partial charge on any atom is 0.326 e. The van der Waals surface area contributed by atoms with Crippen LogP contribution in [0.3, 0.4) is 0 Å². The maximum atomic E-state index is 11.6. The van der Waals surface area contributed by atoms with E-state index in [0.717, 1.165) is 0 Å². The predicted molar refractivity (Wildman–Crippen MR) is 58.7 cm³/mol. The first-order chi connectivity index (χ1) is 8.04. The van der Waals surface area contributed by atoms with Gasteiger partial charge in [-0.25, -0.2) is 4.79 Å². The van der Waals surface area contributed by atoms with Gasteiger partial charge in [0.05, 0.1) is 0 Å². The third-order valence-corrected chi connectivity index (χ3v) is 2.13. The van der Waals surface area contributed by atoms with E-state index in [4.69, 9.17) is 10.2 Å². The summed E-state index contributed by atoms with van der Waals surface area (Å²) in [5.41, 5.74) is 0.161. The largest absolute Gasteiger partial charge is 0.508 e. The summed E-state index contributed by atoms with van der Waals surface area (Å²) in [5.74, 6) is -1.90. The van der Waals surface area contributed by atoms with Crippen molar-refractivity contribution in [2.75, 3.05) is 6.61 Å². The van der Waals surface area contributed by atoms with Gasteiger partial charge in [-0.15, -0.1) is 0 Å². The summed E-state index contributed by atoms with van der Waals surface area (Å²) in [7, 11) is 0. The molecule has 1 rings (SSSR count). The molecule has 0 saturated heterocycles. The lowest BCUT2D eigenvalue weighted by Crippen LogP contribution is -2.41. The Hall–Kier alpha value is -2.08. The number of nitrogens with one attached hydrogen (secondary N) is 1. The first kappa shape index (κ1) is 13.0. The summed E-state index contributed by atoms with van der Waals surface area (Å²) in [4.78, 5) is 22.4. The fraction of sp³-hybridized carbons (Fsp3) is 0.273. The Labute approximate surface area is 97.5 Å². The summed E-state index contributed by atoms with van der Waals surface area (Å²) >= 11 is 0. The molecule has 0 aliphatic heterocycles. The van der Waals surface area contributed by atoms with Crippen molar-refractivity contribution in [3.8, 4) is 5.75 Å². The minimum atomic E-state index is -1.22. The van der Waals surface area contributed by atoms with Crippen molar-refractivity contribution in [2.45, 2.75) is 12.5 Å². The van der Waals surface area contributed by atoms with Crippen molar-refractivity contribution in [3.63, 3.8) is 0 Å². The number of rotatable bonds is 5. The zero-order chi connectivity index (χ0) is 12.8. The van der Waals surface area contributed by atoms with Crippen LogP contribution in [-0.4, -0.2) is 39.8 Å². The zero-order valence-electron chi connectivity index (χ0n) is 8.96. The molecule has 17 heavy (non-hydrogen) atoms. The molecule has 1 amide bonds. The van der Waals surface area contributed by atoms with Gasteiger partial charge in [-0.05, 0) is 18.2 Å². The van der Waals surface area contributed by atoms with E-state index in [9.17, 15) is 14.7 Å². The summed E-state index contributed by atoms with van der Waals surface area (Å²) in [6, 6.07) is 4.42. The average Bonchev–Trinajstić information content (AvgIpc) is 2.28. The van der Waals surface area contributed by atoms with Crippen LogP contribution in [-0.2, 0) is 4.79 Å². The number of aromatic hydroxyl groups is 1. The van der Waals surface area contributed by atoms with Crippen LogP contribution in [0, 0.1) is 0 Å². The minimum Gasteiger partial charge on any atom is -0.508 e. The lowest BCUT2D eigenvalue weighted by Gasteiger charge is -2.13. The standard InChI is InChI=1S/C11H13NO5/c13-5-4-9(11(16)17)12-10(15)7-2-1-3-8(14)6-7/h1-3,6,9,13-14H,4-5H2,(H,12,15)(H,16,17). The highest BCUT2D eigenvalue weighted by Crippen LogP contribution is 2.11. The van der Waals surface area contributed by atoms with E-state index in [2.05, 4.69) is 5.32 Å². The number of aliphatic hydroxyl groups excluding tert-OH is 1. The SMILES string of the molecule is O=C(NC(CCO)C(=O)O)c1cccc(O)c1. The third-order valence-electron chi connectivity index (χ3n) is 2.13. The second-order valence-electron chi connectivity index (χ2n) is 3.43. The molecular weight excluding hydrogens is 226 g/mol. The first-order valence-electron chi connectivity index (χ1n) is 4.98. The fourth-order valence-corrected chi connectivity index (χ4v) is 1.28. The zero-order valence-corrected chi connectivity index (χ0v) is 8.96. The molecule has 0 fully saturated rings.